The maximum absolute atomic E-state index is 12.1. The average Bonchev–Trinajstić information content (AvgIpc) is 2.47. The van der Waals surface area contributed by atoms with Crippen LogP contribution in [0.15, 0.2) is 30.3 Å². The van der Waals surface area contributed by atoms with Gasteiger partial charge in [-0.15, -0.1) is 0 Å². The average molecular weight is 372 g/mol. The molecule has 1 atom stereocenters. The van der Waals surface area contributed by atoms with Gasteiger partial charge in [-0.3, -0.25) is 8.98 Å². The highest BCUT2D eigenvalue weighted by atomic mass is 32.2. The van der Waals surface area contributed by atoms with Crippen LogP contribution in [-0.2, 0) is 40.0 Å². The van der Waals surface area contributed by atoms with E-state index in [1.165, 1.54) is 0 Å². The summed E-state index contributed by atoms with van der Waals surface area (Å²) in [5.74, 6) is -1.40. The molecule has 0 saturated heterocycles. The quantitative estimate of drug-likeness (QED) is 0.510. The molecule has 7 nitrogen and oxygen atoms in total. The van der Waals surface area contributed by atoms with E-state index in [1.54, 1.807) is 20.8 Å². The molecule has 0 amide bonds. The van der Waals surface area contributed by atoms with Crippen LogP contribution in [0.25, 0.3) is 0 Å². The Morgan fingerprint density at radius 3 is 2.24 bits per heavy atom. The van der Waals surface area contributed by atoms with E-state index in [1.807, 2.05) is 30.3 Å². The molecule has 140 valence electrons. The first-order chi connectivity index (χ1) is 11.5. The van der Waals surface area contributed by atoms with Crippen molar-refractivity contribution < 1.29 is 31.7 Å². The van der Waals surface area contributed by atoms with Crippen LogP contribution < -0.4 is 0 Å². The molecule has 0 unspecified atom stereocenters. The van der Waals surface area contributed by atoms with Gasteiger partial charge >= 0.3 is 11.9 Å². The molecule has 1 rings (SSSR count). The van der Waals surface area contributed by atoms with Crippen LogP contribution in [-0.4, -0.2) is 38.3 Å². The molecule has 0 heterocycles. The minimum absolute atomic E-state index is 0.101. The Labute approximate surface area is 148 Å². The van der Waals surface area contributed by atoms with E-state index in [4.69, 9.17) is 13.7 Å². The zero-order chi connectivity index (χ0) is 19.1. The highest BCUT2D eigenvalue weighted by Crippen LogP contribution is 2.15. The van der Waals surface area contributed by atoms with Crippen LogP contribution in [0.3, 0.4) is 0 Å². The lowest BCUT2D eigenvalue weighted by Crippen LogP contribution is -2.35. The lowest BCUT2D eigenvalue weighted by Gasteiger charge is -2.23. The van der Waals surface area contributed by atoms with Crippen molar-refractivity contribution >= 4 is 22.1 Å². The van der Waals surface area contributed by atoms with Gasteiger partial charge in [0.2, 0.25) is 0 Å². The first-order valence-corrected chi connectivity index (χ1v) is 9.58. The maximum atomic E-state index is 12.1. The number of benzene rings is 1. The van der Waals surface area contributed by atoms with Crippen LogP contribution in [0, 0.1) is 0 Å². The van der Waals surface area contributed by atoms with Crippen LogP contribution in [0.5, 0.6) is 0 Å². The second-order valence-corrected chi connectivity index (χ2v) is 8.11. The molecule has 1 aromatic rings. The van der Waals surface area contributed by atoms with Crippen LogP contribution >= 0.6 is 0 Å². The fourth-order valence-electron chi connectivity index (χ4n) is 1.84. The third kappa shape index (κ3) is 9.83. The molecule has 0 radical (unpaired) electrons. The van der Waals surface area contributed by atoms with Gasteiger partial charge in [0, 0.05) is 6.42 Å². The molecule has 0 spiro atoms. The number of hydrogen-bond donors (Lipinski definition) is 0. The molecule has 0 bridgehead atoms. The molecule has 0 aliphatic heterocycles. The Morgan fingerprint density at radius 2 is 1.72 bits per heavy atom. The van der Waals surface area contributed by atoms with E-state index in [0.717, 1.165) is 11.8 Å². The molecule has 25 heavy (non-hydrogen) atoms. The smallest absolute Gasteiger partial charge is 0.337 e. The molecule has 0 N–H and O–H groups in total. The molecule has 0 aliphatic carbocycles. The van der Waals surface area contributed by atoms with E-state index in [2.05, 4.69) is 0 Å². The van der Waals surface area contributed by atoms with E-state index in [-0.39, 0.29) is 19.4 Å². The Kier molecular flexibility index (Phi) is 7.57. The predicted molar refractivity (Wildman–Crippen MR) is 91.0 cm³/mol. The standard InChI is InChI=1S/C17H24O7S/c1-17(2,3)23-16(19)14(24-25(4,20)21)10-11-15(18)22-12-13-8-6-5-7-9-13/h5-9,14H,10-12H2,1-4H3/t14-/m0/s1. The Bertz CT molecular complexity index is 675. The van der Waals surface area contributed by atoms with Crippen molar-refractivity contribution in [1.29, 1.82) is 0 Å². The summed E-state index contributed by atoms with van der Waals surface area (Å²) in [4.78, 5) is 23.9. The summed E-state index contributed by atoms with van der Waals surface area (Å²) >= 11 is 0. The molecule has 0 aromatic heterocycles. The van der Waals surface area contributed by atoms with Gasteiger partial charge < -0.3 is 9.47 Å². The van der Waals surface area contributed by atoms with E-state index in [0.29, 0.717) is 0 Å². The number of hydrogen-bond acceptors (Lipinski definition) is 7. The number of carbonyl (C=O) groups is 2. The zero-order valence-corrected chi connectivity index (χ0v) is 15.7. The monoisotopic (exact) mass is 372 g/mol. The molecule has 0 saturated carbocycles. The number of ether oxygens (including phenoxy) is 2. The van der Waals surface area contributed by atoms with Gasteiger partial charge in [0.15, 0.2) is 6.10 Å². The second-order valence-electron chi connectivity index (χ2n) is 6.51. The minimum Gasteiger partial charge on any atom is -0.461 e. The van der Waals surface area contributed by atoms with Crippen LogP contribution in [0.4, 0.5) is 0 Å². The molecule has 0 aliphatic rings. The van der Waals surface area contributed by atoms with Crippen molar-refractivity contribution in [1.82, 2.24) is 0 Å². The van der Waals surface area contributed by atoms with Gasteiger partial charge in [-0.1, -0.05) is 30.3 Å². The normalized spacial score (nSPS) is 13.1. The van der Waals surface area contributed by atoms with E-state index in [9.17, 15) is 18.0 Å². The first-order valence-electron chi connectivity index (χ1n) is 7.77. The van der Waals surface area contributed by atoms with Gasteiger partial charge in [0.1, 0.15) is 12.2 Å². The largest absolute Gasteiger partial charge is 0.461 e. The number of rotatable bonds is 8. The molecule has 1 aromatic carbocycles. The second kappa shape index (κ2) is 8.96. The summed E-state index contributed by atoms with van der Waals surface area (Å²) in [6.07, 6.45) is -0.890. The Balaban J connectivity index is 2.58. The highest BCUT2D eigenvalue weighted by Gasteiger charge is 2.29. The predicted octanol–water partition coefficient (Wildman–Crippen LogP) is 2.20. The van der Waals surface area contributed by atoms with Crippen LogP contribution in [0.2, 0.25) is 0 Å². The summed E-state index contributed by atoms with van der Waals surface area (Å²) in [6.45, 7) is 5.05. The summed E-state index contributed by atoms with van der Waals surface area (Å²) < 4.78 is 37.6. The van der Waals surface area contributed by atoms with Crippen molar-refractivity contribution in [3.8, 4) is 0 Å². The lowest BCUT2D eigenvalue weighted by atomic mass is 10.1. The highest BCUT2D eigenvalue weighted by molar-refractivity contribution is 7.86. The van der Waals surface area contributed by atoms with Crippen molar-refractivity contribution in [3.05, 3.63) is 35.9 Å². The van der Waals surface area contributed by atoms with Gasteiger partial charge in [0.25, 0.3) is 10.1 Å². The lowest BCUT2D eigenvalue weighted by molar-refractivity contribution is -0.164. The maximum Gasteiger partial charge on any atom is 0.337 e. The summed E-state index contributed by atoms with van der Waals surface area (Å²) in [7, 11) is -3.88. The first kappa shape index (κ1) is 21.1. The number of carbonyl (C=O) groups excluding carboxylic acids is 2. The van der Waals surface area contributed by atoms with Gasteiger partial charge in [-0.25, -0.2) is 4.79 Å². The molecule has 0 fully saturated rings. The van der Waals surface area contributed by atoms with Crippen molar-refractivity contribution in [2.45, 2.75) is 51.9 Å². The molecular weight excluding hydrogens is 348 g/mol. The molecule has 8 heteroatoms. The number of esters is 2. The zero-order valence-electron chi connectivity index (χ0n) is 14.9. The van der Waals surface area contributed by atoms with Gasteiger partial charge in [-0.2, -0.15) is 8.42 Å². The third-order valence-electron chi connectivity index (χ3n) is 2.81. The van der Waals surface area contributed by atoms with Crippen LogP contribution in [0.1, 0.15) is 39.2 Å². The SMILES string of the molecule is CC(C)(C)OC(=O)[C@H](CCC(=O)OCc1ccccc1)OS(C)(=O)=O. The summed E-state index contributed by atoms with van der Waals surface area (Å²) in [5.41, 5.74) is 0.0243. The summed E-state index contributed by atoms with van der Waals surface area (Å²) in [5, 5.41) is 0. The van der Waals surface area contributed by atoms with Crippen molar-refractivity contribution in [2.75, 3.05) is 6.26 Å². The Morgan fingerprint density at radius 1 is 1.12 bits per heavy atom. The minimum atomic E-state index is -3.88. The van der Waals surface area contributed by atoms with Gasteiger partial charge in [0.05, 0.1) is 6.26 Å². The van der Waals surface area contributed by atoms with E-state index >= 15 is 0 Å². The fourth-order valence-corrected chi connectivity index (χ4v) is 2.44. The third-order valence-corrected chi connectivity index (χ3v) is 3.40. The van der Waals surface area contributed by atoms with Gasteiger partial charge in [-0.05, 0) is 32.8 Å². The van der Waals surface area contributed by atoms with Crippen molar-refractivity contribution in [3.63, 3.8) is 0 Å². The van der Waals surface area contributed by atoms with E-state index < -0.39 is 33.8 Å². The summed E-state index contributed by atoms with van der Waals surface area (Å²) in [6, 6.07) is 9.11. The molecular formula is C17H24O7S. The van der Waals surface area contributed by atoms with Crippen molar-refractivity contribution in [2.24, 2.45) is 0 Å². The fraction of sp³-hybridized carbons (Fsp3) is 0.529. The topological polar surface area (TPSA) is 96.0 Å². The Hall–Kier alpha value is -1.93.